The van der Waals surface area contributed by atoms with Gasteiger partial charge in [-0.2, -0.15) is 0 Å². The molecule has 0 aliphatic rings. The van der Waals surface area contributed by atoms with Crippen LogP contribution in [0.15, 0.2) is 36.4 Å². The minimum Gasteiger partial charge on any atom is -0.466 e. The molecule has 1 atom stereocenters. The van der Waals surface area contributed by atoms with Crippen LogP contribution >= 0.6 is 0 Å². The molecular formula is C18H23NO2. The van der Waals surface area contributed by atoms with Gasteiger partial charge in [-0.1, -0.05) is 36.4 Å². The van der Waals surface area contributed by atoms with Crippen molar-refractivity contribution in [3.8, 4) is 0 Å². The number of carbonyl (C=O) groups excluding carboxylic acids is 1. The number of fused-ring (bicyclic) bond motifs is 1. The van der Waals surface area contributed by atoms with Crippen molar-refractivity contribution in [2.45, 2.75) is 39.2 Å². The van der Waals surface area contributed by atoms with Gasteiger partial charge in [0, 0.05) is 12.5 Å². The largest absolute Gasteiger partial charge is 0.466 e. The minimum atomic E-state index is -0.140. The van der Waals surface area contributed by atoms with Gasteiger partial charge in [-0.3, -0.25) is 4.79 Å². The predicted molar refractivity (Wildman–Crippen MR) is 86.1 cm³/mol. The lowest BCUT2D eigenvalue weighted by atomic mass is 9.94. The van der Waals surface area contributed by atoms with Crippen LogP contribution in [-0.2, 0) is 9.53 Å². The smallest absolute Gasteiger partial charge is 0.305 e. The molecule has 0 saturated heterocycles. The highest BCUT2D eigenvalue weighted by atomic mass is 16.5. The zero-order chi connectivity index (χ0) is 15.2. The molecule has 0 bridgehead atoms. The number of benzene rings is 2. The normalized spacial score (nSPS) is 12.3. The van der Waals surface area contributed by atoms with Crippen molar-refractivity contribution < 1.29 is 9.53 Å². The van der Waals surface area contributed by atoms with Gasteiger partial charge in [-0.25, -0.2) is 0 Å². The lowest BCUT2D eigenvalue weighted by molar-refractivity contribution is -0.143. The number of nitrogens with two attached hydrogens (primary N) is 1. The van der Waals surface area contributed by atoms with E-state index in [0.29, 0.717) is 13.0 Å². The SMILES string of the molecule is CCOC(=O)CCCC(N)c1ccc(C)c2ccccc12. The summed E-state index contributed by atoms with van der Waals surface area (Å²) in [6.45, 7) is 4.37. The van der Waals surface area contributed by atoms with Gasteiger partial charge in [-0.05, 0) is 48.6 Å². The third kappa shape index (κ3) is 3.82. The molecule has 2 N–H and O–H groups in total. The van der Waals surface area contributed by atoms with Crippen molar-refractivity contribution in [2.24, 2.45) is 5.73 Å². The Labute approximate surface area is 126 Å². The summed E-state index contributed by atoms with van der Waals surface area (Å²) in [6, 6.07) is 12.5. The highest BCUT2D eigenvalue weighted by molar-refractivity contribution is 5.88. The van der Waals surface area contributed by atoms with E-state index in [2.05, 4.69) is 31.2 Å². The van der Waals surface area contributed by atoms with Crippen LogP contribution in [0.2, 0.25) is 0 Å². The van der Waals surface area contributed by atoms with Crippen LogP contribution < -0.4 is 5.73 Å². The fraction of sp³-hybridized carbons (Fsp3) is 0.389. The molecule has 21 heavy (non-hydrogen) atoms. The van der Waals surface area contributed by atoms with E-state index in [1.54, 1.807) is 0 Å². The summed E-state index contributed by atoms with van der Waals surface area (Å²) in [5.41, 5.74) is 8.73. The maximum Gasteiger partial charge on any atom is 0.305 e. The fourth-order valence-electron chi connectivity index (χ4n) is 2.65. The monoisotopic (exact) mass is 285 g/mol. The fourth-order valence-corrected chi connectivity index (χ4v) is 2.65. The van der Waals surface area contributed by atoms with Gasteiger partial charge in [0.2, 0.25) is 0 Å². The van der Waals surface area contributed by atoms with E-state index in [4.69, 9.17) is 10.5 Å². The van der Waals surface area contributed by atoms with Gasteiger partial charge in [-0.15, -0.1) is 0 Å². The topological polar surface area (TPSA) is 52.3 Å². The predicted octanol–water partition coefficient (Wildman–Crippen LogP) is 3.88. The van der Waals surface area contributed by atoms with Crippen LogP contribution in [0.25, 0.3) is 10.8 Å². The summed E-state index contributed by atoms with van der Waals surface area (Å²) in [4.78, 5) is 11.4. The van der Waals surface area contributed by atoms with Crippen molar-refractivity contribution in [1.82, 2.24) is 0 Å². The summed E-state index contributed by atoms with van der Waals surface area (Å²) < 4.78 is 4.94. The van der Waals surface area contributed by atoms with Crippen molar-refractivity contribution in [2.75, 3.05) is 6.61 Å². The van der Waals surface area contributed by atoms with Gasteiger partial charge < -0.3 is 10.5 Å². The summed E-state index contributed by atoms with van der Waals surface area (Å²) in [5, 5.41) is 2.46. The van der Waals surface area contributed by atoms with E-state index in [-0.39, 0.29) is 12.0 Å². The highest BCUT2D eigenvalue weighted by Gasteiger charge is 2.12. The Balaban J connectivity index is 2.08. The molecule has 0 radical (unpaired) electrons. The number of hydrogen-bond acceptors (Lipinski definition) is 3. The number of carbonyl (C=O) groups is 1. The Hall–Kier alpha value is -1.87. The van der Waals surface area contributed by atoms with E-state index in [9.17, 15) is 4.79 Å². The molecule has 0 fully saturated rings. The van der Waals surface area contributed by atoms with Crippen molar-refractivity contribution >= 4 is 16.7 Å². The van der Waals surface area contributed by atoms with Gasteiger partial charge in [0.05, 0.1) is 6.61 Å². The van der Waals surface area contributed by atoms with Gasteiger partial charge >= 0.3 is 5.97 Å². The molecule has 0 aliphatic carbocycles. The van der Waals surface area contributed by atoms with Crippen LogP contribution in [0.3, 0.4) is 0 Å². The van der Waals surface area contributed by atoms with Crippen LogP contribution in [-0.4, -0.2) is 12.6 Å². The highest BCUT2D eigenvalue weighted by Crippen LogP contribution is 2.28. The molecule has 2 rings (SSSR count). The maximum atomic E-state index is 11.4. The lowest BCUT2D eigenvalue weighted by Crippen LogP contribution is -2.12. The molecule has 0 amide bonds. The quantitative estimate of drug-likeness (QED) is 0.819. The second-order valence-corrected chi connectivity index (χ2v) is 5.32. The van der Waals surface area contributed by atoms with Crippen LogP contribution in [0.5, 0.6) is 0 Å². The van der Waals surface area contributed by atoms with Crippen molar-refractivity contribution in [3.63, 3.8) is 0 Å². The average molecular weight is 285 g/mol. The number of esters is 1. The first-order chi connectivity index (χ1) is 10.1. The molecule has 3 nitrogen and oxygen atoms in total. The maximum absolute atomic E-state index is 11.4. The Morgan fingerprint density at radius 3 is 2.62 bits per heavy atom. The molecule has 0 heterocycles. The molecule has 112 valence electrons. The summed E-state index contributed by atoms with van der Waals surface area (Å²) >= 11 is 0. The summed E-state index contributed by atoms with van der Waals surface area (Å²) in [5.74, 6) is -0.140. The van der Waals surface area contributed by atoms with Crippen LogP contribution in [0, 0.1) is 6.92 Å². The molecular weight excluding hydrogens is 262 g/mol. The molecule has 2 aromatic carbocycles. The first-order valence-corrected chi connectivity index (χ1v) is 7.53. The first-order valence-electron chi connectivity index (χ1n) is 7.53. The second-order valence-electron chi connectivity index (χ2n) is 5.32. The Morgan fingerprint density at radius 2 is 1.90 bits per heavy atom. The Bertz CT molecular complexity index is 622. The third-order valence-corrected chi connectivity index (χ3v) is 3.78. The van der Waals surface area contributed by atoms with Crippen LogP contribution in [0.1, 0.15) is 43.4 Å². The van der Waals surface area contributed by atoms with Gasteiger partial charge in [0.1, 0.15) is 0 Å². The molecule has 0 saturated carbocycles. The number of hydrogen-bond donors (Lipinski definition) is 1. The summed E-state index contributed by atoms with van der Waals surface area (Å²) in [6.07, 6.45) is 1.97. The number of rotatable bonds is 6. The lowest BCUT2D eigenvalue weighted by Gasteiger charge is -2.15. The standard InChI is InChI=1S/C18H23NO2/c1-3-21-18(20)10-6-9-17(19)16-12-11-13(2)14-7-4-5-8-15(14)16/h4-5,7-8,11-12,17H,3,6,9-10,19H2,1-2H3. The molecule has 0 aliphatic heterocycles. The first kappa shape index (κ1) is 15.5. The van der Waals surface area contributed by atoms with Crippen molar-refractivity contribution in [3.05, 3.63) is 47.5 Å². The zero-order valence-electron chi connectivity index (χ0n) is 12.8. The molecule has 0 spiro atoms. The van der Waals surface area contributed by atoms with Gasteiger partial charge in [0.25, 0.3) is 0 Å². The zero-order valence-corrected chi connectivity index (χ0v) is 12.8. The van der Waals surface area contributed by atoms with E-state index in [1.165, 1.54) is 16.3 Å². The van der Waals surface area contributed by atoms with Crippen molar-refractivity contribution in [1.29, 1.82) is 0 Å². The van der Waals surface area contributed by atoms with Crippen LogP contribution in [0.4, 0.5) is 0 Å². The number of ether oxygens (including phenoxy) is 1. The average Bonchev–Trinajstić information content (AvgIpc) is 2.48. The summed E-state index contributed by atoms with van der Waals surface area (Å²) in [7, 11) is 0. The van der Waals surface area contributed by atoms with E-state index < -0.39 is 0 Å². The molecule has 3 heteroatoms. The molecule has 1 unspecified atom stereocenters. The molecule has 0 aromatic heterocycles. The minimum absolute atomic E-state index is 0.0510. The van der Waals surface area contributed by atoms with E-state index in [0.717, 1.165) is 18.4 Å². The Kier molecular flexibility index (Phi) is 5.34. The molecule has 2 aromatic rings. The third-order valence-electron chi connectivity index (χ3n) is 3.78. The van der Waals surface area contributed by atoms with E-state index >= 15 is 0 Å². The Morgan fingerprint density at radius 1 is 1.19 bits per heavy atom. The van der Waals surface area contributed by atoms with E-state index in [1.807, 2.05) is 19.1 Å². The second kappa shape index (κ2) is 7.23. The van der Waals surface area contributed by atoms with Gasteiger partial charge in [0.15, 0.2) is 0 Å². The number of aryl methyl sites for hydroxylation is 1.